The molecule has 0 bridgehead atoms. The van der Waals surface area contributed by atoms with Gasteiger partial charge in [0.05, 0.1) is 25.2 Å². The minimum atomic E-state index is -1.26. The zero-order chi connectivity index (χ0) is 34.9. The largest absolute Gasteiger partial charge is 0.493 e. The number of likely N-dealkylation sites (N-methyl/N-ethyl adjacent to an activating group) is 1. The van der Waals surface area contributed by atoms with Crippen molar-refractivity contribution in [1.82, 2.24) is 26.2 Å². The van der Waals surface area contributed by atoms with E-state index in [0.717, 1.165) is 31.2 Å². The number of carbonyl (C=O) groups is 5. The molecule has 0 fully saturated rings. The fraction of sp³-hybridized carbons (Fsp3) is 0.528. The van der Waals surface area contributed by atoms with Crippen LogP contribution in [0.15, 0.2) is 54.6 Å². The molecule has 48 heavy (non-hydrogen) atoms. The van der Waals surface area contributed by atoms with Crippen molar-refractivity contribution in [3.63, 3.8) is 0 Å². The van der Waals surface area contributed by atoms with Gasteiger partial charge in [0.15, 0.2) is 0 Å². The average molecular weight is 666 g/mol. The highest BCUT2D eigenvalue weighted by Gasteiger charge is 2.31. The van der Waals surface area contributed by atoms with Gasteiger partial charge < -0.3 is 35.6 Å². The van der Waals surface area contributed by atoms with Crippen molar-refractivity contribution < 1.29 is 33.4 Å². The van der Waals surface area contributed by atoms with Gasteiger partial charge in [0.1, 0.15) is 23.9 Å². The highest BCUT2D eigenvalue weighted by atomic mass is 16.5. The SMILES string of the molecule is COCCNC(=O)[C@@H]1CC(=O)N[C@@H](Cc2ccccc2)C(=O)N[C@@H](CC(C)C)C(=O)N(C)CCCCCCOc2ccccc2C(=O)N1. The van der Waals surface area contributed by atoms with Crippen molar-refractivity contribution in [2.24, 2.45) is 5.92 Å². The highest BCUT2D eigenvalue weighted by Crippen LogP contribution is 2.19. The minimum Gasteiger partial charge on any atom is -0.493 e. The molecule has 0 saturated heterocycles. The number of carbonyl (C=O) groups excluding carboxylic acids is 5. The molecule has 12 nitrogen and oxygen atoms in total. The number of nitrogens with one attached hydrogen (secondary N) is 4. The van der Waals surface area contributed by atoms with Gasteiger partial charge in [-0.1, -0.05) is 69.2 Å². The van der Waals surface area contributed by atoms with Crippen molar-refractivity contribution in [1.29, 1.82) is 0 Å². The third-order valence-corrected chi connectivity index (χ3v) is 8.03. The molecule has 0 spiro atoms. The molecule has 1 aliphatic rings. The topological polar surface area (TPSA) is 155 Å². The molecule has 2 aromatic carbocycles. The van der Waals surface area contributed by atoms with Crippen LogP contribution in [0.5, 0.6) is 5.75 Å². The van der Waals surface area contributed by atoms with E-state index in [4.69, 9.17) is 9.47 Å². The first-order chi connectivity index (χ1) is 23.1. The van der Waals surface area contributed by atoms with Crippen LogP contribution in [0.2, 0.25) is 0 Å². The van der Waals surface area contributed by atoms with E-state index in [1.54, 1.807) is 36.2 Å². The highest BCUT2D eigenvalue weighted by molar-refractivity contribution is 6.01. The summed E-state index contributed by atoms with van der Waals surface area (Å²) in [4.78, 5) is 69.3. The maximum atomic E-state index is 13.8. The van der Waals surface area contributed by atoms with E-state index in [1.165, 1.54) is 7.11 Å². The van der Waals surface area contributed by atoms with Gasteiger partial charge in [-0.15, -0.1) is 0 Å². The van der Waals surface area contributed by atoms with E-state index in [-0.39, 0.29) is 37.0 Å². The fourth-order valence-corrected chi connectivity index (χ4v) is 5.45. The van der Waals surface area contributed by atoms with Crippen LogP contribution in [-0.2, 0) is 30.3 Å². The Kier molecular flexibility index (Phi) is 15.9. The number of ether oxygens (including phenoxy) is 2. The molecule has 12 heteroatoms. The van der Waals surface area contributed by atoms with Crippen molar-refractivity contribution in [2.45, 2.75) is 76.9 Å². The normalized spacial score (nSPS) is 20.8. The standard InChI is InChI=1S/C36H51N5O7/c1-25(2)22-30-36(46)41(3)19-12-5-6-13-20-48-31-17-11-10-16-27(31)33(43)39-29(34(44)37-18-21-47-4)24-32(42)38-28(35(45)40-30)23-26-14-8-7-9-15-26/h7-11,14-17,25,28-30H,5-6,12-13,18-24H2,1-4H3,(H,37,44)(H,38,42)(H,39,43)(H,40,45)/t28-,29-,30-/m0/s1. The van der Waals surface area contributed by atoms with Gasteiger partial charge in [-0.3, -0.25) is 24.0 Å². The fourth-order valence-electron chi connectivity index (χ4n) is 5.45. The summed E-state index contributed by atoms with van der Waals surface area (Å²) in [5.74, 6) is -2.00. The molecule has 0 unspecified atom stereocenters. The van der Waals surface area contributed by atoms with Crippen molar-refractivity contribution in [3.8, 4) is 5.75 Å². The van der Waals surface area contributed by atoms with Gasteiger partial charge in [-0.25, -0.2) is 0 Å². The van der Waals surface area contributed by atoms with E-state index in [1.807, 2.05) is 44.2 Å². The summed E-state index contributed by atoms with van der Waals surface area (Å²) in [5.41, 5.74) is 1.03. The van der Waals surface area contributed by atoms with Gasteiger partial charge in [-0.05, 0) is 42.9 Å². The quantitative estimate of drug-likeness (QED) is 0.316. The maximum absolute atomic E-state index is 13.8. The van der Waals surface area contributed by atoms with Crippen LogP contribution in [0, 0.1) is 5.92 Å². The molecule has 0 aromatic heterocycles. The maximum Gasteiger partial charge on any atom is 0.255 e. The van der Waals surface area contributed by atoms with Crippen LogP contribution in [0.3, 0.4) is 0 Å². The number of methoxy groups -OCH3 is 1. The first-order valence-electron chi connectivity index (χ1n) is 16.8. The number of nitrogens with zero attached hydrogens (tertiary/aromatic N) is 1. The molecule has 2 aromatic rings. The lowest BCUT2D eigenvalue weighted by atomic mass is 10.0. The molecule has 3 atom stereocenters. The van der Waals surface area contributed by atoms with Crippen molar-refractivity contribution in [2.75, 3.05) is 40.5 Å². The molecule has 262 valence electrons. The Hall–Kier alpha value is -4.45. The molecular weight excluding hydrogens is 614 g/mol. The van der Waals surface area contributed by atoms with Gasteiger partial charge >= 0.3 is 0 Å². The third kappa shape index (κ3) is 12.6. The zero-order valence-electron chi connectivity index (χ0n) is 28.6. The first kappa shape index (κ1) is 38.0. The second kappa shape index (κ2) is 20.0. The summed E-state index contributed by atoms with van der Waals surface area (Å²) in [6.45, 7) is 5.28. The van der Waals surface area contributed by atoms with Crippen LogP contribution >= 0.6 is 0 Å². The third-order valence-electron chi connectivity index (χ3n) is 8.03. The average Bonchev–Trinajstić information content (AvgIpc) is 3.06. The molecule has 4 N–H and O–H groups in total. The van der Waals surface area contributed by atoms with E-state index < -0.39 is 48.2 Å². The molecule has 1 heterocycles. The van der Waals surface area contributed by atoms with Crippen LogP contribution in [0.1, 0.15) is 68.3 Å². The minimum absolute atomic E-state index is 0.120. The molecular formula is C36H51N5O7. The summed E-state index contributed by atoms with van der Waals surface area (Å²) >= 11 is 0. The number of rotatable bonds is 8. The van der Waals surface area contributed by atoms with Crippen LogP contribution in [0.25, 0.3) is 0 Å². The molecule has 0 aliphatic carbocycles. The Labute approximate surface area is 283 Å². The number of hydrogen-bond acceptors (Lipinski definition) is 7. The van der Waals surface area contributed by atoms with Gasteiger partial charge in [0.25, 0.3) is 5.91 Å². The number of fused-ring (bicyclic) bond motifs is 1. The lowest BCUT2D eigenvalue weighted by molar-refractivity contribution is -0.137. The van der Waals surface area contributed by atoms with Gasteiger partial charge in [0, 0.05) is 33.7 Å². The van der Waals surface area contributed by atoms with E-state index in [9.17, 15) is 24.0 Å². The van der Waals surface area contributed by atoms with E-state index in [2.05, 4.69) is 21.3 Å². The zero-order valence-corrected chi connectivity index (χ0v) is 28.6. The monoisotopic (exact) mass is 665 g/mol. The van der Waals surface area contributed by atoms with E-state index in [0.29, 0.717) is 25.3 Å². The van der Waals surface area contributed by atoms with Crippen LogP contribution in [0.4, 0.5) is 0 Å². The van der Waals surface area contributed by atoms with E-state index >= 15 is 0 Å². The summed E-state index contributed by atoms with van der Waals surface area (Å²) < 4.78 is 11.0. The predicted octanol–water partition coefficient (Wildman–Crippen LogP) is 2.61. The lowest BCUT2D eigenvalue weighted by Crippen LogP contribution is -2.56. The second-order valence-corrected chi connectivity index (χ2v) is 12.5. The summed E-state index contributed by atoms with van der Waals surface area (Å²) in [7, 11) is 3.23. The van der Waals surface area contributed by atoms with Crippen molar-refractivity contribution in [3.05, 3.63) is 65.7 Å². The summed E-state index contributed by atoms with van der Waals surface area (Å²) in [5, 5.41) is 11.1. The number of benzene rings is 2. The first-order valence-corrected chi connectivity index (χ1v) is 16.8. The summed E-state index contributed by atoms with van der Waals surface area (Å²) in [6.07, 6.45) is 3.39. The smallest absolute Gasteiger partial charge is 0.255 e. The Morgan fingerprint density at radius 2 is 1.65 bits per heavy atom. The molecule has 0 saturated carbocycles. The second-order valence-electron chi connectivity index (χ2n) is 12.5. The van der Waals surface area contributed by atoms with Crippen molar-refractivity contribution >= 4 is 29.5 Å². The lowest BCUT2D eigenvalue weighted by Gasteiger charge is -2.28. The molecule has 5 amide bonds. The Bertz CT molecular complexity index is 1350. The Balaban J connectivity index is 1.94. The number of hydrogen-bond donors (Lipinski definition) is 4. The predicted molar refractivity (Wildman–Crippen MR) is 182 cm³/mol. The van der Waals surface area contributed by atoms with Gasteiger partial charge in [-0.2, -0.15) is 0 Å². The van der Waals surface area contributed by atoms with Gasteiger partial charge in [0.2, 0.25) is 23.6 Å². The molecule has 0 radical (unpaired) electrons. The van der Waals surface area contributed by atoms with Crippen LogP contribution in [-0.4, -0.2) is 93.0 Å². The Morgan fingerprint density at radius 3 is 2.38 bits per heavy atom. The van der Waals surface area contributed by atoms with Crippen LogP contribution < -0.4 is 26.0 Å². The Morgan fingerprint density at radius 1 is 0.938 bits per heavy atom. The number of para-hydroxylation sites is 1. The summed E-state index contributed by atoms with van der Waals surface area (Å²) in [6, 6.07) is 12.8. The molecule has 3 rings (SSSR count). The number of amides is 5. The molecule has 1 aliphatic heterocycles.